The molecule has 0 aliphatic carbocycles. The Balaban J connectivity index is 2.11. The number of benzene rings is 2. The van der Waals surface area contributed by atoms with Crippen molar-refractivity contribution in [1.82, 2.24) is 0 Å². The van der Waals surface area contributed by atoms with Crippen molar-refractivity contribution in [2.24, 2.45) is 0 Å². The highest BCUT2D eigenvalue weighted by Gasteiger charge is 2.15. The summed E-state index contributed by atoms with van der Waals surface area (Å²) in [4.78, 5) is 12.2. The van der Waals surface area contributed by atoms with E-state index in [9.17, 15) is 9.18 Å². The zero-order valence-electron chi connectivity index (χ0n) is 11.7. The molecule has 2 nitrogen and oxygen atoms in total. The topological polar surface area (TPSA) is 43.1 Å². The summed E-state index contributed by atoms with van der Waals surface area (Å²) in [5.41, 5.74) is 9.07. The summed E-state index contributed by atoms with van der Waals surface area (Å²) in [5.74, 6) is -0.582. The highest BCUT2D eigenvalue weighted by Crippen LogP contribution is 2.18. The van der Waals surface area contributed by atoms with Crippen LogP contribution in [0.25, 0.3) is 0 Å². The Hall–Kier alpha value is -2.16. The minimum absolute atomic E-state index is 0.156. The van der Waals surface area contributed by atoms with Crippen molar-refractivity contribution in [2.75, 3.05) is 5.73 Å². The Kier molecular flexibility index (Phi) is 4.18. The van der Waals surface area contributed by atoms with Gasteiger partial charge in [-0.2, -0.15) is 0 Å². The standard InChI is InChI=1S/C17H18FNO/c1-11-9-12(2)17(15(18)10-11)16(20)8-5-13-3-6-14(19)7-4-13/h3-4,6-7,9-10H,5,8,19H2,1-2H3. The van der Waals surface area contributed by atoms with E-state index in [1.165, 1.54) is 6.07 Å². The molecule has 2 rings (SSSR count). The lowest BCUT2D eigenvalue weighted by molar-refractivity contribution is 0.0978. The number of hydrogen-bond donors (Lipinski definition) is 1. The van der Waals surface area contributed by atoms with Crippen LogP contribution in [0.15, 0.2) is 36.4 Å². The van der Waals surface area contributed by atoms with Gasteiger partial charge in [-0.1, -0.05) is 18.2 Å². The third-order valence-electron chi connectivity index (χ3n) is 3.33. The van der Waals surface area contributed by atoms with E-state index in [1.54, 1.807) is 19.1 Å². The van der Waals surface area contributed by atoms with E-state index in [4.69, 9.17) is 5.73 Å². The zero-order chi connectivity index (χ0) is 14.7. The number of anilines is 1. The molecule has 0 aliphatic heterocycles. The first-order chi connectivity index (χ1) is 9.47. The van der Waals surface area contributed by atoms with Crippen LogP contribution in [0.4, 0.5) is 10.1 Å². The second-order valence-corrected chi connectivity index (χ2v) is 5.10. The van der Waals surface area contributed by atoms with Crippen molar-refractivity contribution in [3.63, 3.8) is 0 Å². The maximum atomic E-state index is 13.9. The van der Waals surface area contributed by atoms with E-state index < -0.39 is 5.82 Å². The van der Waals surface area contributed by atoms with Gasteiger partial charge in [0, 0.05) is 12.1 Å². The number of rotatable bonds is 4. The third kappa shape index (κ3) is 3.23. The molecule has 0 spiro atoms. The van der Waals surface area contributed by atoms with Crippen LogP contribution < -0.4 is 5.73 Å². The SMILES string of the molecule is Cc1cc(C)c(C(=O)CCc2ccc(N)cc2)c(F)c1. The van der Waals surface area contributed by atoms with Gasteiger partial charge < -0.3 is 5.73 Å². The first-order valence-electron chi connectivity index (χ1n) is 6.61. The summed E-state index contributed by atoms with van der Waals surface area (Å²) in [6.07, 6.45) is 0.886. The Morgan fingerprint density at radius 1 is 1.15 bits per heavy atom. The molecular formula is C17H18FNO. The Morgan fingerprint density at radius 3 is 2.40 bits per heavy atom. The molecule has 20 heavy (non-hydrogen) atoms. The van der Waals surface area contributed by atoms with Gasteiger partial charge in [0.25, 0.3) is 0 Å². The molecule has 0 radical (unpaired) electrons. The number of carbonyl (C=O) groups is 1. The van der Waals surface area contributed by atoms with E-state index in [0.717, 1.165) is 11.1 Å². The van der Waals surface area contributed by atoms with Crippen molar-refractivity contribution >= 4 is 11.5 Å². The summed E-state index contributed by atoms with van der Waals surface area (Å²) in [6, 6.07) is 10.6. The summed E-state index contributed by atoms with van der Waals surface area (Å²) in [5, 5.41) is 0. The van der Waals surface area contributed by atoms with Crippen molar-refractivity contribution < 1.29 is 9.18 Å². The number of halogens is 1. The van der Waals surface area contributed by atoms with Crippen LogP contribution in [-0.4, -0.2) is 5.78 Å². The van der Waals surface area contributed by atoms with Crippen LogP contribution in [0.3, 0.4) is 0 Å². The Bertz CT molecular complexity index is 609. The average molecular weight is 271 g/mol. The minimum Gasteiger partial charge on any atom is -0.399 e. The molecule has 0 aromatic heterocycles. The van der Waals surface area contributed by atoms with E-state index in [0.29, 0.717) is 24.1 Å². The molecule has 0 saturated carbocycles. The maximum Gasteiger partial charge on any atom is 0.166 e. The lowest BCUT2D eigenvalue weighted by atomic mass is 9.97. The predicted molar refractivity (Wildman–Crippen MR) is 79.4 cm³/mol. The van der Waals surface area contributed by atoms with Crippen LogP contribution in [0.5, 0.6) is 0 Å². The fourth-order valence-corrected chi connectivity index (χ4v) is 2.34. The van der Waals surface area contributed by atoms with Crippen LogP contribution in [-0.2, 0) is 6.42 Å². The molecule has 3 heteroatoms. The third-order valence-corrected chi connectivity index (χ3v) is 3.33. The summed E-state index contributed by atoms with van der Waals surface area (Å²) in [6.45, 7) is 3.59. The summed E-state index contributed by atoms with van der Waals surface area (Å²) in [7, 11) is 0. The molecule has 0 heterocycles. The summed E-state index contributed by atoms with van der Waals surface area (Å²) >= 11 is 0. The zero-order valence-corrected chi connectivity index (χ0v) is 11.7. The summed E-state index contributed by atoms with van der Waals surface area (Å²) < 4.78 is 13.9. The number of Topliss-reactive ketones (excluding diaryl/α,β-unsaturated/α-hetero) is 1. The van der Waals surface area contributed by atoms with E-state index in [-0.39, 0.29) is 11.3 Å². The fraction of sp³-hybridized carbons (Fsp3) is 0.235. The quantitative estimate of drug-likeness (QED) is 0.678. The highest BCUT2D eigenvalue weighted by atomic mass is 19.1. The molecule has 0 fully saturated rings. The number of carbonyl (C=O) groups excluding carboxylic acids is 1. The average Bonchev–Trinajstić information content (AvgIpc) is 2.37. The van der Waals surface area contributed by atoms with Gasteiger partial charge in [0.15, 0.2) is 5.78 Å². The van der Waals surface area contributed by atoms with Gasteiger partial charge in [-0.05, 0) is 55.2 Å². The lowest BCUT2D eigenvalue weighted by Gasteiger charge is -2.08. The molecule has 0 atom stereocenters. The molecular weight excluding hydrogens is 253 g/mol. The van der Waals surface area contributed by atoms with Crippen molar-refractivity contribution in [3.05, 3.63) is 64.5 Å². The van der Waals surface area contributed by atoms with Gasteiger partial charge in [0.2, 0.25) is 0 Å². The second kappa shape index (κ2) is 5.87. The van der Waals surface area contributed by atoms with E-state index >= 15 is 0 Å². The Labute approximate surface area is 118 Å². The first kappa shape index (κ1) is 14.3. The number of nitrogens with two attached hydrogens (primary N) is 1. The largest absolute Gasteiger partial charge is 0.399 e. The predicted octanol–water partition coefficient (Wildman–Crippen LogP) is 3.84. The van der Waals surface area contributed by atoms with E-state index in [1.807, 2.05) is 25.1 Å². The van der Waals surface area contributed by atoms with Crippen LogP contribution in [0.2, 0.25) is 0 Å². The Morgan fingerprint density at radius 2 is 1.80 bits per heavy atom. The lowest BCUT2D eigenvalue weighted by Crippen LogP contribution is -2.07. The molecule has 2 aromatic carbocycles. The first-order valence-corrected chi connectivity index (χ1v) is 6.61. The molecule has 0 saturated heterocycles. The van der Waals surface area contributed by atoms with Gasteiger partial charge in [0.05, 0.1) is 5.56 Å². The van der Waals surface area contributed by atoms with Crippen LogP contribution in [0.1, 0.15) is 33.5 Å². The second-order valence-electron chi connectivity index (χ2n) is 5.10. The fourth-order valence-electron chi connectivity index (χ4n) is 2.34. The van der Waals surface area contributed by atoms with Gasteiger partial charge in [-0.3, -0.25) is 4.79 Å². The number of nitrogen functional groups attached to an aromatic ring is 1. The number of aryl methyl sites for hydroxylation is 3. The normalized spacial score (nSPS) is 10.6. The van der Waals surface area contributed by atoms with Gasteiger partial charge >= 0.3 is 0 Å². The smallest absolute Gasteiger partial charge is 0.166 e. The van der Waals surface area contributed by atoms with Gasteiger partial charge in [-0.25, -0.2) is 4.39 Å². The van der Waals surface area contributed by atoms with Crippen LogP contribution >= 0.6 is 0 Å². The van der Waals surface area contributed by atoms with Crippen molar-refractivity contribution in [2.45, 2.75) is 26.7 Å². The maximum absolute atomic E-state index is 13.9. The molecule has 0 aliphatic rings. The van der Waals surface area contributed by atoms with Crippen LogP contribution in [0, 0.1) is 19.7 Å². The highest BCUT2D eigenvalue weighted by molar-refractivity contribution is 5.97. The minimum atomic E-state index is -0.426. The van der Waals surface area contributed by atoms with Gasteiger partial charge in [-0.15, -0.1) is 0 Å². The van der Waals surface area contributed by atoms with E-state index in [2.05, 4.69) is 0 Å². The van der Waals surface area contributed by atoms with Gasteiger partial charge in [0.1, 0.15) is 5.82 Å². The molecule has 0 amide bonds. The molecule has 0 bridgehead atoms. The van der Waals surface area contributed by atoms with Crippen molar-refractivity contribution in [1.29, 1.82) is 0 Å². The molecule has 2 N–H and O–H groups in total. The molecule has 0 unspecified atom stereocenters. The molecule has 104 valence electrons. The number of hydrogen-bond acceptors (Lipinski definition) is 2. The van der Waals surface area contributed by atoms with Crippen molar-refractivity contribution in [3.8, 4) is 0 Å². The number of ketones is 1. The molecule has 2 aromatic rings. The monoisotopic (exact) mass is 271 g/mol.